The molecule has 196 valence electrons. The van der Waals surface area contributed by atoms with Gasteiger partial charge in [0.2, 0.25) is 0 Å². The van der Waals surface area contributed by atoms with Gasteiger partial charge in [0, 0.05) is 18.6 Å². The third-order valence-electron chi connectivity index (χ3n) is 5.35. The Kier molecular flexibility index (Phi) is 12.7. The summed E-state index contributed by atoms with van der Waals surface area (Å²) in [5, 5.41) is 0. The van der Waals surface area contributed by atoms with E-state index in [0.29, 0.717) is 0 Å². The topological polar surface area (TPSA) is 52.2 Å². The van der Waals surface area contributed by atoms with E-state index in [0.717, 1.165) is 39.5 Å². The summed E-state index contributed by atoms with van der Waals surface area (Å²) < 4.78 is 0. The summed E-state index contributed by atoms with van der Waals surface area (Å²) in [6, 6.07) is 45.3. The van der Waals surface area contributed by atoms with Crippen LogP contribution in [0.3, 0.4) is 0 Å². The van der Waals surface area contributed by atoms with Crippen LogP contribution in [0.25, 0.3) is 28.6 Å². The minimum absolute atomic E-state index is 0. The second-order valence-electron chi connectivity index (χ2n) is 8.10. The first-order valence-corrected chi connectivity index (χ1v) is 12.4. The Morgan fingerprint density at radius 3 is 1.65 bits per heavy atom. The van der Waals surface area contributed by atoms with Crippen LogP contribution in [-0.4, -0.2) is 16.2 Å². The molecule has 0 saturated heterocycles. The van der Waals surface area contributed by atoms with E-state index in [4.69, 9.17) is 0 Å². The van der Waals surface area contributed by atoms with Crippen molar-refractivity contribution in [1.29, 1.82) is 0 Å². The SMILES string of the molecule is C=Cc1ccc(N=Cc2ccc[n-]2)cc1.[Ir+3].[c-]1ccccc1-c1ccccn1.[c-]1ccccc1-c1ccccn1. The molecule has 0 atom stereocenters. The van der Waals surface area contributed by atoms with Gasteiger partial charge in [-0.25, -0.2) is 0 Å². The predicted molar refractivity (Wildman–Crippen MR) is 161 cm³/mol. The molecule has 0 unspecified atom stereocenters. The van der Waals surface area contributed by atoms with Crippen LogP contribution in [0.2, 0.25) is 0 Å². The van der Waals surface area contributed by atoms with E-state index in [2.05, 4.69) is 38.7 Å². The fourth-order valence-electron chi connectivity index (χ4n) is 3.38. The fourth-order valence-corrected chi connectivity index (χ4v) is 3.38. The summed E-state index contributed by atoms with van der Waals surface area (Å²) in [5.41, 5.74) is 6.92. The zero-order valence-corrected chi connectivity index (χ0v) is 24.2. The molecule has 3 aromatic carbocycles. The van der Waals surface area contributed by atoms with Crippen molar-refractivity contribution in [2.45, 2.75) is 0 Å². The van der Waals surface area contributed by atoms with Crippen molar-refractivity contribution in [1.82, 2.24) is 15.0 Å². The smallest absolute Gasteiger partial charge is 0.663 e. The fraction of sp³-hybridized carbons (Fsp3) is 0. The Balaban J connectivity index is 0.000000165. The number of aromatic nitrogens is 3. The van der Waals surface area contributed by atoms with Gasteiger partial charge in [0.25, 0.3) is 0 Å². The van der Waals surface area contributed by atoms with Gasteiger partial charge in [-0.3, -0.25) is 4.99 Å². The monoisotopic (exact) mass is 696 g/mol. The molecule has 0 N–H and O–H groups in total. The molecule has 6 rings (SSSR count). The zero-order chi connectivity index (χ0) is 27.0. The molecule has 0 amide bonds. The molecule has 0 spiro atoms. The standard InChI is InChI=1S/C13H11N2.2C11H8N.Ir/c1-2-11-5-7-12(8-6-11)15-10-13-4-3-9-14-13;2*1-2-6-10(7-3-1)11-8-4-5-9-12-11;/h2-10H,1H2;2*1-6,8-9H;/q3*-1;+3. The van der Waals surface area contributed by atoms with Gasteiger partial charge in [-0.05, 0) is 41.2 Å². The van der Waals surface area contributed by atoms with Crippen molar-refractivity contribution in [2.24, 2.45) is 4.99 Å². The largest absolute Gasteiger partial charge is 3.00 e. The van der Waals surface area contributed by atoms with Gasteiger partial charge in [-0.2, -0.15) is 6.20 Å². The number of rotatable bonds is 5. The van der Waals surface area contributed by atoms with Crippen molar-refractivity contribution < 1.29 is 20.1 Å². The van der Waals surface area contributed by atoms with Crippen LogP contribution in [-0.2, 0) is 20.1 Å². The normalized spacial score (nSPS) is 9.80. The van der Waals surface area contributed by atoms with Gasteiger partial charge >= 0.3 is 20.1 Å². The first kappa shape index (κ1) is 29.8. The second-order valence-corrected chi connectivity index (χ2v) is 8.10. The van der Waals surface area contributed by atoms with Crippen molar-refractivity contribution in [2.75, 3.05) is 0 Å². The molecule has 4 nitrogen and oxygen atoms in total. The second kappa shape index (κ2) is 17.0. The summed E-state index contributed by atoms with van der Waals surface area (Å²) >= 11 is 0. The summed E-state index contributed by atoms with van der Waals surface area (Å²) in [6.07, 6.45) is 8.89. The van der Waals surface area contributed by atoms with Crippen molar-refractivity contribution in [3.63, 3.8) is 0 Å². The predicted octanol–water partition coefficient (Wildman–Crippen LogP) is 8.13. The first-order chi connectivity index (χ1) is 19.3. The van der Waals surface area contributed by atoms with E-state index < -0.39 is 0 Å². The van der Waals surface area contributed by atoms with Crippen LogP contribution in [0.15, 0.2) is 151 Å². The minimum Gasteiger partial charge on any atom is -0.663 e. The van der Waals surface area contributed by atoms with E-state index in [1.165, 1.54) is 0 Å². The number of nitrogens with zero attached hydrogens (tertiary/aromatic N) is 4. The van der Waals surface area contributed by atoms with E-state index in [1.54, 1.807) is 24.8 Å². The summed E-state index contributed by atoms with van der Waals surface area (Å²) in [7, 11) is 0. The van der Waals surface area contributed by atoms with Gasteiger partial charge in [0.05, 0.1) is 5.69 Å². The third kappa shape index (κ3) is 9.88. The first-order valence-electron chi connectivity index (χ1n) is 12.4. The average Bonchev–Trinajstić information content (AvgIpc) is 3.57. The van der Waals surface area contributed by atoms with Crippen molar-refractivity contribution in [3.8, 4) is 22.5 Å². The number of benzene rings is 3. The summed E-state index contributed by atoms with van der Waals surface area (Å²) in [4.78, 5) is 16.8. The summed E-state index contributed by atoms with van der Waals surface area (Å²) in [6.45, 7) is 3.70. The Morgan fingerprint density at radius 2 is 1.23 bits per heavy atom. The molecular weight excluding hydrogens is 669 g/mol. The van der Waals surface area contributed by atoms with Crippen molar-refractivity contribution in [3.05, 3.63) is 170 Å². The number of aliphatic imine (C=N–C) groups is 1. The van der Waals surface area contributed by atoms with E-state index in [1.807, 2.05) is 127 Å². The maximum atomic E-state index is 4.30. The number of hydrogen-bond donors (Lipinski definition) is 0. The molecule has 0 fully saturated rings. The van der Waals surface area contributed by atoms with Gasteiger partial charge in [-0.1, -0.05) is 61.2 Å². The Morgan fingerprint density at radius 1 is 0.650 bits per heavy atom. The molecule has 0 saturated carbocycles. The molecular formula is C35H27IrN4. The molecule has 0 aliphatic heterocycles. The average molecular weight is 696 g/mol. The summed E-state index contributed by atoms with van der Waals surface area (Å²) in [5.74, 6) is 0. The Bertz CT molecular complexity index is 1370. The minimum atomic E-state index is 0. The van der Waals surface area contributed by atoms with Crippen LogP contribution in [0, 0.1) is 12.1 Å². The van der Waals surface area contributed by atoms with Gasteiger partial charge < -0.3 is 15.0 Å². The molecule has 0 bridgehead atoms. The molecule has 40 heavy (non-hydrogen) atoms. The third-order valence-corrected chi connectivity index (χ3v) is 5.35. The Labute approximate surface area is 249 Å². The van der Waals surface area contributed by atoms with Crippen LogP contribution in [0.1, 0.15) is 11.3 Å². The maximum Gasteiger partial charge on any atom is 3.00 e. The number of pyridine rings is 2. The number of hydrogen-bond acceptors (Lipinski definition) is 3. The van der Waals surface area contributed by atoms with Crippen molar-refractivity contribution >= 4 is 18.0 Å². The molecule has 0 aliphatic rings. The van der Waals surface area contributed by atoms with Crippen LogP contribution in [0.4, 0.5) is 5.69 Å². The van der Waals surface area contributed by atoms with Crippen LogP contribution in [0.5, 0.6) is 0 Å². The molecule has 6 aromatic rings. The van der Waals surface area contributed by atoms with Gasteiger partial charge in [-0.15, -0.1) is 77.5 Å². The molecule has 5 heteroatoms. The molecule has 0 radical (unpaired) electrons. The zero-order valence-electron chi connectivity index (χ0n) is 21.8. The van der Waals surface area contributed by atoms with E-state index in [9.17, 15) is 0 Å². The van der Waals surface area contributed by atoms with Crippen LogP contribution < -0.4 is 4.98 Å². The quantitative estimate of drug-likeness (QED) is 0.135. The van der Waals surface area contributed by atoms with E-state index >= 15 is 0 Å². The Hall–Kier alpha value is -4.70. The van der Waals surface area contributed by atoms with Crippen LogP contribution >= 0.6 is 0 Å². The van der Waals surface area contributed by atoms with Gasteiger partial charge in [0.15, 0.2) is 0 Å². The molecule has 0 aliphatic carbocycles. The molecule has 3 aromatic heterocycles. The molecule has 3 heterocycles. The maximum absolute atomic E-state index is 4.30. The van der Waals surface area contributed by atoms with E-state index in [-0.39, 0.29) is 20.1 Å². The van der Waals surface area contributed by atoms with Gasteiger partial charge in [0.1, 0.15) is 0 Å².